The Balaban J connectivity index is 2.01. The first-order valence-corrected chi connectivity index (χ1v) is 7.87. The summed E-state index contributed by atoms with van der Waals surface area (Å²) in [6.07, 6.45) is 3.12. The second kappa shape index (κ2) is 5.64. The normalized spacial score (nSPS) is 22.0. The van der Waals surface area contributed by atoms with E-state index in [0.717, 1.165) is 30.0 Å². The summed E-state index contributed by atoms with van der Waals surface area (Å²) in [6.45, 7) is 4.24. The van der Waals surface area contributed by atoms with Crippen molar-refractivity contribution in [1.29, 1.82) is 0 Å². The number of carbonyl (C=O) groups is 1. The van der Waals surface area contributed by atoms with Gasteiger partial charge < -0.3 is 4.90 Å². The first-order valence-electron chi connectivity index (χ1n) is 7.49. The number of hydrogen-bond acceptors (Lipinski definition) is 2. The van der Waals surface area contributed by atoms with Gasteiger partial charge in [-0.05, 0) is 37.6 Å². The molecule has 0 bridgehead atoms. The Bertz CT molecular complexity index is 686. The molecule has 3 rings (SSSR count). The van der Waals surface area contributed by atoms with Crippen molar-refractivity contribution >= 4 is 28.3 Å². The van der Waals surface area contributed by atoms with Crippen LogP contribution in [0, 0.1) is 0 Å². The van der Waals surface area contributed by atoms with Crippen LogP contribution in [0.1, 0.15) is 43.6 Å². The molecular formula is C17H19ClN2O. The van der Waals surface area contributed by atoms with Crippen LogP contribution in [-0.2, 0) is 0 Å². The second-order valence-corrected chi connectivity index (χ2v) is 6.08. The van der Waals surface area contributed by atoms with Crippen molar-refractivity contribution in [2.45, 2.75) is 45.2 Å². The standard InChI is InChI=1S/C17H19ClN2O/c1-3-13-9-8-11(2)20(13)17(21)15-10-12-6-4-5-7-14(12)16(18)19-15/h4-7,10-11,13H,3,8-9H2,1-2H3. The maximum absolute atomic E-state index is 12.8. The Kier molecular flexibility index (Phi) is 3.85. The van der Waals surface area contributed by atoms with E-state index in [4.69, 9.17) is 11.6 Å². The van der Waals surface area contributed by atoms with Gasteiger partial charge in [-0.2, -0.15) is 0 Å². The molecule has 2 unspecified atom stereocenters. The number of hydrogen-bond donors (Lipinski definition) is 0. The van der Waals surface area contributed by atoms with Gasteiger partial charge in [0.05, 0.1) is 0 Å². The predicted molar refractivity (Wildman–Crippen MR) is 85.7 cm³/mol. The fourth-order valence-electron chi connectivity index (χ4n) is 3.24. The molecule has 3 nitrogen and oxygen atoms in total. The number of fused-ring (bicyclic) bond motifs is 1. The fraction of sp³-hybridized carbons (Fsp3) is 0.412. The molecule has 0 radical (unpaired) electrons. The van der Waals surface area contributed by atoms with Gasteiger partial charge in [0.15, 0.2) is 0 Å². The predicted octanol–water partition coefficient (Wildman–Crippen LogP) is 4.29. The molecule has 1 aromatic carbocycles. The first-order chi connectivity index (χ1) is 10.1. The van der Waals surface area contributed by atoms with E-state index in [1.165, 1.54) is 0 Å². The van der Waals surface area contributed by atoms with Gasteiger partial charge in [-0.15, -0.1) is 0 Å². The van der Waals surface area contributed by atoms with Crippen LogP contribution in [-0.4, -0.2) is 27.9 Å². The number of likely N-dealkylation sites (tertiary alicyclic amines) is 1. The van der Waals surface area contributed by atoms with Crippen LogP contribution in [0.25, 0.3) is 10.8 Å². The van der Waals surface area contributed by atoms with E-state index in [1.54, 1.807) is 0 Å². The number of amides is 1. The van der Waals surface area contributed by atoms with Crippen LogP contribution in [0.3, 0.4) is 0 Å². The number of nitrogens with zero attached hydrogens (tertiary/aromatic N) is 2. The highest BCUT2D eigenvalue weighted by Gasteiger charge is 2.34. The molecule has 1 amide bonds. The molecule has 21 heavy (non-hydrogen) atoms. The zero-order chi connectivity index (χ0) is 15.0. The molecule has 1 fully saturated rings. The van der Waals surface area contributed by atoms with Gasteiger partial charge in [0.25, 0.3) is 5.91 Å². The van der Waals surface area contributed by atoms with Crippen molar-refractivity contribution < 1.29 is 4.79 Å². The molecule has 1 aromatic heterocycles. The molecule has 0 saturated carbocycles. The van der Waals surface area contributed by atoms with Crippen molar-refractivity contribution in [1.82, 2.24) is 9.88 Å². The number of carbonyl (C=O) groups excluding carboxylic acids is 1. The molecule has 0 spiro atoms. The molecule has 110 valence electrons. The first kappa shape index (κ1) is 14.3. The zero-order valence-electron chi connectivity index (χ0n) is 12.3. The van der Waals surface area contributed by atoms with Gasteiger partial charge in [-0.25, -0.2) is 4.98 Å². The van der Waals surface area contributed by atoms with Crippen molar-refractivity contribution in [2.24, 2.45) is 0 Å². The molecule has 2 heterocycles. The molecular weight excluding hydrogens is 284 g/mol. The van der Waals surface area contributed by atoms with Crippen LogP contribution in [0.2, 0.25) is 5.15 Å². The Morgan fingerprint density at radius 3 is 2.90 bits per heavy atom. The van der Waals surface area contributed by atoms with E-state index in [1.807, 2.05) is 35.2 Å². The van der Waals surface area contributed by atoms with E-state index in [0.29, 0.717) is 16.9 Å². The molecule has 0 aliphatic carbocycles. The summed E-state index contributed by atoms with van der Waals surface area (Å²) in [4.78, 5) is 19.1. The molecule has 2 atom stereocenters. The summed E-state index contributed by atoms with van der Waals surface area (Å²) in [5.74, 6) is -0.000460. The van der Waals surface area contributed by atoms with Gasteiger partial charge in [0, 0.05) is 17.5 Å². The van der Waals surface area contributed by atoms with Crippen LogP contribution < -0.4 is 0 Å². The summed E-state index contributed by atoms with van der Waals surface area (Å²) in [7, 11) is 0. The van der Waals surface area contributed by atoms with E-state index in [2.05, 4.69) is 18.8 Å². The van der Waals surface area contributed by atoms with E-state index >= 15 is 0 Å². The number of pyridine rings is 1. The van der Waals surface area contributed by atoms with Crippen molar-refractivity contribution in [3.63, 3.8) is 0 Å². The summed E-state index contributed by atoms with van der Waals surface area (Å²) in [5, 5.41) is 2.24. The number of aromatic nitrogens is 1. The Labute approximate surface area is 129 Å². The summed E-state index contributed by atoms with van der Waals surface area (Å²) in [6, 6.07) is 10.2. The molecule has 1 saturated heterocycles. The Morgan fingerprint density at radius 2 is 2.14 bits per heavy atom. The highest BCUT2D eigenvalue weighted by molar-refractivity contribution is 6.34. The largest absolute Gasteiger partial charge is 0.332 e. The lowest BCUT2D eigenvalue weighted by Gasteiger charge is -2.27. The maximum Gasteiger partial charge on any atom is 0.273 e. The SMILES string of the molecule is CCC1CCC(C)N1C(=O)c1cc2ccccc2c(Cl)n1. The number of benzene rings is 1. The minimum Gasteiger partial charge on any atom is -0.332 e. The highest BCUT2D eigenvalue weighted by Crippen LogP contribution is 2.29. The topological polar surface area (TPSA) is 33.2 Å². The monoisotopic (exact) mass is 302 g/mol. The van der Waals surface area contributed by atoms with Crippen LogP contribution in [0.15, 0.2) is 30.3 Å². The van der Waals surface area contributed by atoms with Crippen LogP contribution in [0.4, 0.5) is 0 Å². The minimum absolute atomic E-state index is 0.000460. The lowest BCUT2D eigenvalue weighted by Crippen LogP contribution is -2.40. The van der Waals surface area contributed by atoms with Gasteiger partial charge in [0.1, 0.15) is 10.8 Å². The average molecular weight is 303 g/mol. The van der Waals surface area contributed by atoms with E-state index in [9.17, 15) is 4.79 Å². The second-order valence-electron chi connectivity index (χ2n) is 5.72. The fourth-order valence-corrected chi connectivity index (χ4v) is 3.50. The molecule has 0 N–H and O–H groups in total. The third-order valence-corrected chi connectivity index (χ3v) is 4.69. The van der Waals surface area contributed by atoms with Crippen molar-refractivity contribution in [2.75, 3.05) is 0 Å². The van der Waals surface area contributed by atoms with Crippen molar-refractivity contribution in [3.05, 3.63) is 41.2 Å². The van der Waals surface area contributed by atoms with E-state index < -0.39 is 0 Å². The average Bonchev–Trinajstić information content (AvgIpc) is 2.87. The molecule has 4 heteroatoms. The highest BCUT2D eigenvalue weighted by atomic mass is 35.5. The smallest absolute Gasteiger partial charge is 0.273 e. The summed E-state index contributed by atoms with van der Waals surface area (Å²) in [5.41, 5.74) is 0.450. The lowest BCUT2D eigenvalue weighted by molar-refractivity contribution is 0.0670. The lowest BCUT2D eigenvalue weighted by atomic mass is 10.1. The summed E-state index contributed by atoms with van der Waals surface area (Å²) >= 11 is 6.24. The minimum atomic E-state index is -0.000460. The van der Waals surface area contributed by atoms with Crippen LogP contribution >= 0.6 is 11.6 Å². The third-order valence-electron chi connectivity index (χ3n) is 4.40. The van der Waals surface area contributed by atoms with Crippen LogP contribution in [0.5, 0.6) is 0 Å². The maximum atomic E-state index is 12.8. The Morgan fingerprint density at radius 1 is 1.38 bits per heavy atom. The Hall–Kier alpha value is -1.61. The summed E-state index contributed by atoms with van der Waals surface area (Å²) < 4.78 is 0. The van der Waals surface area contributed by atoms with Gasteiger partial charge >= 0.3 is 0 Å². The van der Waals surface area contributed by atoms with Gasteiger partial charge in [-0.1, -0.05) is 42.8 Å². The molecule has 1 aliphatic heterocycles. The number of halogens is 1. The quantitative estimate of drug-likeness (QED) is 0.775. The zero-order valence-corrected chi connectivity index (χ0v) is 13.1. The van der Waals surface area contributed by atoms with Gasteiger partial charge in [-0.3, -0.25) is 4.79 Å². The third kappa shape index (κ3) is 2.51. The number of rotatable bonds is 2. The van der Waals surface area contributed by atoms with Gasteiger partial charge in [0.2, 0.25) is 0 Å². The van der Waals surface area contributed by atoms with E-state index in [-0.39, 0.29) is 11.9 Å². The molecule has 2 aromatic rings. The van der Waals surface area contributed by atoms with Crippen molar-refractivity contribution in [3.8, 4) is 0 Å². The molecule has 1 aliphatic rings.